The van der Waals surface area contributed by atoms with Gasteiger partial charge in [-0.1, -0.05) is 13.8 Å². The number of ether oxygens (including phenoxy) is 1. The molecule has 0 aromatic carbocycles. The van der Waals surface area contributed by atoms with Crippen LogP contribution in [-0.2, 0) is 9.53 Å². The maximum Gasteiger partial charge on any atom is 0.234 e. The lowest BCUT2D eigenvalue weighted by Crippen LogP contribution is -2.40. The van der Waals surface area contributed by atoms with Crippen molar-refractivity contribution in [3.8, 4) is 0 Å². The summed E-state index contributed by atoms with van der Waals surface area (Å²) in [4.78, 5) is 10.6. The zero-order valence-corrected chi connectivity index (χ0v) is 9.38. The van der Waals surface area contributed by atoms with Gasteiger partial charge in [0.25, 0.3) is 0 Å². The highest BCUT2D eigenvalue weighted by Crippen LogP contribution is 1.98. The summed E-state index contributed by atoms with van der Waals surface area (Å²) >= 11 is 0. The van der Waals surface area contributed by atoms with Crippen molar-refractivity contribution in [1.82, 2.24) is 5.32 Å². The molecule has 1 atom stereocenters. The first kappa shape index (κ1) is 13.4. The van der Waals surface area contributed by atoms with Crippen molar-refractivity contribution in [1.29, 1.82) is 0 Å². The van der Waals surface area contributed by atoms with Gasteiger partial charge >= 0.3 is 0 Å². The summed E-state index contributed by atoms with van der Waals surface area (Å²) in [5.74, 6) is 0.347. The van der Waals surface area contributed by atoms with E-state index >= 15 is 0 Å². The SMILES string of the molecule is CC(C)CCOCCNC(C)C(N)=O. The zero-order valence-electron chi connectivity index (χ0n) is 9.38. The van der Waals surface area contributed by atoms with E-state index in [0.717, 1.165) is 13.0 Å². The number of rotatable bonds is 8. The van der Waals surface area contributed by atoms with Crippen molar-refractivity contribution in [2.45, 2.75) is 33.2 Å². The molecule has 0 fully saturated rings. The zero-order chi connectivity index (χ0) is 11.0. The molecule has 0 saturated heterocycles. The van der Waals surface area contributed by atoms with Crippen LogP contribution >= 0.6 is 0 Å². The Hall–Kier alpha value is -0.610. The van der Waals surface area contributed by atoms with Crippen molar-refractivity contribution < 1.29 is 9.53 Å². The van der Waals surface area contributed by atoms with Crippen LogP contribution in [0.4, 0.5) is 0 Å². The van der Waals surface area contributed by atoms with Gasteiger partial charge in [0.05, 0.1) is 12.6 Å². The van der Waals surface area contributed by atoms with Gasteiger partial charge in [-0.05, 0) is 19.3 Å². The van der Waals surface area contributed by atoms with Gasteiger partial charge in [-0.2, -0.15) is 0 Å². The van der Waals surface area contributed by atoms with Gasteiger partial charge in [-0.25, -0.2) is 0 Å². The Morgan fingerprint density at radius 3 is 2.50 bits per heavy atom. The van der Waals surface area contributed by atoms with Gasteiger partial charge in [0.2, 0.25) is 5.91 Å². The molecule has 84 valence electrons. The third-order valence-corrected chi connectivity index (χ3v) is 1.96. The first-order chi connectivity index (χ1) is 6.54. The van der Waals surface area contributed by atoms with Crippen molar-refractivity contribution in [2.24, 2.45) is 11.7 Å². The number of primary amides is 1. The Balaban J connectivity index is 3.17. The summed E-state index contributed by atoms with van der Waals surface area (Å²) in [5, 5.41) is 2.97. The summed E-state index contributed by atoms with van der Waals surface area (Å²) in [6.07, 6.45) is 1.07. The molecule has 4 heteroatoms. The van der Waals surface area contributed by atoms with Gasteiger partial charge in [0.15, 0.2) is 0 Å². The predicted molar refractivity (Wildman–Crippen MR) is 56.9 cm³/mol. The van der Waals surface area contributed by atoms with E-state index in [2.05, 4.69) is 19.2 Å². The van der Waals surface area contributed by atoms with Gasteiger partial charge in [-0.15, -0.1) is 0 Å². The minimum absolute atomic E-state index is 0.274. The van der Waals surface area contributed by atoms with Crippen LogP contribution < -0.4 is 11.1 Å². The number of carbonyl (C=O) groups excluding carboxylic acids is 1. The molecule has 1 amide bonds. The van der Waals surface area contributed by atoms with Crippen molar-refractivity contribution in [3.63, 3.8) is 0 Å². The van der Waals surface area contributed by atoms with E-state index in [-0.39, 0.29) is 11.9 Å². The highest BCUT2D eigenvalue weighted by molar-refractivity contribution is 5.79. The van der Waals surface area contributed by atoms with Crippen molar-refractivity contribution in [3.05, 3.63) is 0 Å². The molecule has 0 aliphatic rings. The fourth-order valence-electron chi connectivity index (χ4n) is 0.869. The third-order valence-electron chi connectivity index (χ3n) is 1.96. The molecule has 0 aliphatic carbocycles. The van der Waals surface area contributed by atoms with Gasteiger partial charge in [0.1, 0.15) is 0 Å². The van der Waals surface area contributed by atoms with Crippen LogP contribution in [0.2, 0.25) is 0 Å². The van der Waals surface area contributed by atoms with Crippen LogP contribution in [0, 0.1) is 5.92 Å². The Morgan fingerprint density at radius 1 is 1.36 bits per heavy atom. The first-order valence-electron chi connectivity index (χ1n) is 5.14. The van der Waals surface area contributed by atoms with E-state index in [4.69, 9.17) is 10.5 Å². The van der Waals surface area contributed by atoms with Crippen LogP contribution in [0.1, 0.15) is 27.2 Å². The van der Waals surface area contributed by atoms with Crippen molar-refractivity contribution >= 4 is 5.91 Å². The number of nitrogens with one attached hydrogen (secondary N) is 1. The summed E-state index contributed by atoms with van der Waals surface area (Å²) in [6.45, 7) is 8.15. The molecule has 3 N–H and O–H groups in total. The lowest BCUT2D eigenvalue weighted by atomic mass is 10.1. The van der Waals surface area contributed by atoms with E-state index < -0.39 is 0 Å². The summed E-state index contributed by atoms with van der Waals surface area (Å²) < 4.78 is 5.36. The van der Waals surface area contributed by atoms with Crippen LogP contribution in [0.5, 0.6) is 0 Å². The molecular formula is C10H22N2O2. The minimum Gasteiger partial charge on any atom is -0.380 e. The van der Waals surface area contributed by atoms with E-state index in [9.17, 15) is 4.79 Å². The van der Waals surface area contributed by atoms with E-state index in [1.54, 1.807) is 6.92 Å². The van der Waals surface area contributed by atoms with Crippen LogP contribution in [0.25, 0.3) is 0 Å². The Kier molecular flexibility index (Phi) is 7.42. The van der Waals surface area contributed by atoms with E-state index in [1.807, 2.05) is 0 Å². The molecule has 0 rings (SSSR count). The second kappa shape index (κ2) is 7.76. The molecule has 0 aliphatic heterocycles. The lowest BCUT2D eigenvalue weighted by Gasteiger charge is -2.10. The standard InChI is InChI=1S/C10H22N2O2/c1-8(2)4-6-14-7-5-12-9(3)10(11)13/h8-9,12H,4-7H2,1-3H3,(H2,11,13). The molecule has 0 spiro atoms. The average molecular weight is 202 g/mol. The number of nitrogens with two attached hydrogens (primary N) is 1. The third kappa shape index (κ3) is 8.01. The maximum absolute atomic E-state index is 10.6. The predicted octanol–water partition coefficient (Wildman–Crippen LogP) is 0.513. The monoisotopic (exact) mass is 202 g/mol. The molecule has 0 saturated carbocycles. The second-order valence-corrected chi connectivity index (χ2v) is 3.87. The fraction of sp³-hybridized carbons (Fsp3) is 0.900. The van der Waals surface area contributed by atoms with Gasteiger partial charge < -0.3 is 15.8 Å². The lowest BCUT2D eigenvalue weighted by molar-refractivity contribution is -0.119. The van der Waals surface area contributed by atoms with Gasteiger partial charge in [0, 0.05) is 13.2 Å². The molecule has 1 unspecified atom stereocenters. The Bertz CT molecular complexity index is 160. The Morgan fingerprint density at radius 2 is 2.00 bits per heavy atom. The highest BCUT2D eigenvalue weighted by atomic mass is 16.5. The molecule has 0 bridgehead atoms. The minimum atomic E-state index is -0.327. The normalized spacial score (nSPS) is 13.1. The maximum atomic E-state index is 10.6. The molecule has 0 radical (unpaired) electrons. The Labute approximate surface area is 86.2 Å². The van der Waals surface area contributed by atoms with Crippen molar-refractivity contribution in [2.75, 3.05) is 19.8 Å². The molecule has 0 aromatic rings. The smallest absolute Gasteiger partial charge is 0.234 e. The number of hydrogen-bond acceptors (Lipinski definition) is 3. The van der Waals surface area contributed by atoms with Crippen LogP contribution in [0.15, 0.2) is 0 Å². The van der Waals surface area contributed by atoms with E-state index in [1.165, 1.54) is 0 Å². The van der Waals surface area contributed by atoms with Crippen LogP contribution in [0.3, 0.4) is 0 Å². The summed E-state index contributed by atoms with van der Waals surface area (Å²) in [6, 6.07) is -0.274. The summed E-state index contributed by atoms with van der Waals surface area (Å²) in [7, 11) is 0. The number of amides is 1. The number of carbonyl (C=O) groups is 1. The quantitative estimate of drug-likeness (QED) is 0.564. The molecule has 0 aromatic heterocycles. The second-order valence-electron chi connectivity index (χ2n) is 3.87. The fourth-order valence-corrected chi connectivity index (χ4v) is 0.869. The highest BCUT2D eigenvalue weighted by Gasteiger charge is 2.05. The molecular weight excluding hydrogens is 180 g/mol. The summed E-state index contributed by atoms with van der Waals surface area (Å²) in [5.41, 5.74) is 5.07. The van der Waals surface area contributed by atoms with Gasteiger partial charge in [-0.3, -0.25) is 4.79 Å². The number of hydrogen-bond donors (Lipinski definition) is 2. The first-order valence-corrected chi connectivity index (χ1v) is 5.14. The van der Waals surface area contributed by atoms with Crippen LogP contribution in [-0.4, -0.2) is 31.7 Å². The molecule has 4 nitrogen and oxygen atoms in total. The largest absolute Gasteiger partial charge is 0.380 e. The average Bonchev–Trinajstić information content (AvgIpc) is 2.09. The van der Waals surface area contributed by atoms with E-state index in [0.29, 0.717) is 19.1 Å². The molecule has 14 heavy (non-hydrogen) atoms. The molecule has 0 heterocycles. The topological polar surface area (TPSA) is 64.3 Å².